The van der Waals surface area contributed by atoms with Crippen molar-refractivity contribution >= 4 is 11.8 Å². The highest BCUT2D eigenvalue weighted by molar-refractivity contribution is 5.78. The first kappa shape index (κ1) is 13.1. The molecule has 0 aliphatic rings. The van der Waals surface area contributed by atoms with Crippen LogP contribution < -0.4 is 10.9 Å². The van der Waals surface area contributed by atoms with E-state index in [1.807, 2.05) is 0 Å². The first-order valence-electron chi connectivity index (χ1n) is 4.21. The number of carbonyl (C=O) groups excluding carboxylic acids is 2. The Kier molecular flexibility index (Phi) is 5.69. The van der Waals surface area contributed by atoms with Gasteiger partial charge in [-0.05, 0) is 0 Å². The molecule has 1 heterocycles. The van der Waals surface area contributed by atoms with E-state index in [-0.39, 0.29) is 11.8 Å². The highest BCUT2D eigenvalue weighted by Crippen LogP contribution is 1.92. The Hall–Kier alpha value is -1.92. The van der Waals surface area contributed by atoms with Crippen molar-refractivity contribution in [3.63, 3.8) is 0 Å². The zero-order chi connectivity index (χ0) is 11.8. The van der Waals surface area contributed by atoms with Gasteiger partial charge in [-0.1, -0.05) is 0 Å². The lowest BCUT2D eigenvalue weighted by Crippen LogP contribution is -2.38. The second-order valence-corrected chi connectivity index (χ2v) is 2.70. The molecule has 0 saturated heterocycles. The number of amides is 2. The van der Waals surface area contributed by atoms with Gasteiger partial charge in [-0.3, -0.25) is 20.4 Å². The molecule has 7 heteroatoms. The molecule has 7 nitrogen and oxygen atoms in total. The summed E-state index contributed by atoms with van der Waals surface area (Å²) in [5, 5.41) is 7.20. The summed E-state index contributed by atoms with van der Waals surface area (Å²) in [7, 11) is 0. The van der Waals surface area contributed by atoms with Gasteiger partial charge in [0.1, 0.15) is 0 Å². The van der Waals surface area contributed by atoms with E-state index in [4.69, 9.17) is 4.42 Å². The molecule has 0 saturated carbocycles. The summed E-state index contributed by atoms with van der Waals surface area (Å²) in [6.45, 7) is 6.16. The third-order valence-corrected chi connectivity index (χ3v) is 1.04. The third-order valence-electron chi connectivity index (χ3n) is 1.04. The zero-order valence-electron chi connectivity index (χ0n) is 9.12. The maximum absolute atomic E-state index is 10.0. The van der Waals surface area contributed by atoms with Gasteiger partial charge in [-0.2, -0.15) is 0 Å². The maximum Gasteiger partial charge on any atom is 0.235 e. The summed E-state index contributed by atoms with van der Waals surface area (Å²) in [5.41, 5.74) is 4.21. The molecule has 0 atom stereocenters. The second kappa shape index (κ2) is 6.52. The molecule has 0 aliphatic carbocycles. The molecule has 0 aromatic carbocycles. The van der Waals surface area contributed by atoms with Crippen LogP contribution in [0.2, 0.25) is 0 Å². The Bertz CT molecular complexity index is 304. The molecule has 84 valence electrons. The van der Waals surface area contributed by atoms with Crippen molar-refractivity contribution in [1.29, 1.82) is 0 Å². The first-order chi connectivity index (χ1) is 6.91. The number of aromatic nitrogens is 2. The number of aryl methyl sites for hydroxylation is 2. The SMILES string of the molecule is CC(=O)NNC(C)=O.Cc1nnc(C)o1. The fourth-order valence-corrected chi connectivity index (χ4v) is 0.571. The van der Waals surface area contributed by atoms with Crippen LogP contribution in [0, 0.1) is 13.8 Å². The Balaban J connectivity index is 0.000000262. The second-order valence-electron chi connectivity index (χ2n) is 2.70. The highest BCUT2D eigenvalue weighted by Gasteiger charge is 1.89. The topological polar surface area (TPSA) is 97.1 Å². The van der Waals surface area contributed by atoms with E-state index in [2.05, 4.69) is 21.0 Å². The summed E-state index contributed by atoms with van der Waals surface area (Å²) in [6, 6.07) is 0. The van der Waals surface area contributed by atoms with Crippen LogP contribution in [0.3, 0.4) is 0 Å². The lowest BCUT2D eigenvalue weighted by Gasteiger charge is -1.97. The maximum atomic E-state index is 10.0. The molecule has 15 heavy (non-hydrogen) atoms. The number of hydrazine groups is 1. The third kappa shape index (κ3) is 8.41. The van der Waals surface area contributed by atoms with Gasteiger partial charge in [-0.15, -0.1) is 10.2 Å². The van der Waals surface area contributed by atoms with E-state index in [1.165, 1.54) is 13.8 Å². The molecule has 0 aliphatic heterocycles. The van der Waals surface area contributed by atoms with Crippen molar-refractivity contribution in [2.45, 2.75) is 27.7 Å². The van der Waals surface area contributed by atoms with Gasteiger partial charge in [0.25, 0.3) is 0 Å². The van der Waals surface area contributed by atoms with E-state index in [9.17, 15) is 9.59 Å². The minimum Gasteiger partial charge on any atom is -0.426 e. The molecule has 2 amide bonds. The summed E-state index contributed by atoms with van der Waals surface area (Å²) >= 11 is 0. The summed E-state index contributed by atoms with van der Waals surface area (Å²) in [4.78, 5) is 20.0. The average Bonchev–Trinajstić information content (AvgIpc) is 2.47. The van der Waals surface area contributed by atoms with Gasteiger partial charge in [0.2, 0.25) is 23.6 Å². The van der Waals surface area contributed by atoms with Crippen molar-refractivity contribution in [1.82, 2.24) is 21.0 Å². The van der Waals surface area contributed by atoms with E-state index in [0.29, 0.717) is 11.8 Å². The quantitative estimate of drug-likeness (QED) is 0.586. The number of nitrogens with one attached hydrogen (secondary N) is 2. The molecule has 1 aromatic heterocycles. The van der Waals surface area contributed by atoms with Crippen molar-refractivity contribution < 1.29 is 14.0 Å². The largest absolute Gasteiger partial charge is 0.426 e. The first-order valence-corrected chi connectivity index (χ1v) is 4.21. The number of hydrogen-bond donors (Lipinski definition) is 2. The predicted molar refractivity (Wildman–Crippen MR) is 51.4 cm³/mol. The fourth-order valence-electron chi connectivity index (χ4n) is 0.571. The normalized spacial score (nSPS) is 8.53. The summed E-state index contributed by atoms with van der Waals surface area (Å²) in [6.07, 6.45) is 0. The van der Waals surface area contributed by atoms with Gasteiger partial charge in [0.05, 0.1) is 0 Å². The van der Waals surface area contributed by atoms with E-state index >= 15 is 0 Å². The van der Waals surface area contributed by atoms with Crippen LogP contribution in [0.15, 0.2) is 4.42 Å². The molecule has 0 radical (unpaired) electrons. The highest BCUT2D eigenvalue weighted by atomic mass is 16.4. The number of hydrogen-bond acceptors (Lipinski definition) is 5. The molecule has 0 unspecified atom stereocenters. The monoisotopic (exact) mass is 214 g/mol. The number of nitrogens with zero attached hydrogens (tertiary/aromatic N) is 2. The number of rotatable bonds is 0. The van der Waals surface area contributed by atoms with Gasteiger partial charge >= 0.3 is 0 Å². The van der Waals surface area contributed by atoms with Crippen molar-refractivity contribution in [2.24, 2.45) is 0 Å². The zero-order valence-corrected chi connectivity index (χ0v) is 9.12. The van der Waals surface area contributed by atoms with Crippen LogP contribution in [0.1, 0.15) is 25.6 Å². The van der Waals surface area contributed by atoms with Crippen LogP contribution in [-0.4, -0.2) is 22.0 Å². The molecular weight excluding hydrogens is 200 g/mol. The van der Waals surface area contributed by atoms with Crippen LogP contribution in [0.5, 0.6) is 0 Å². The van der Waals surface area contributed by atoms with Crippen LogP contribution in [-0.2, 0) is 9.59 Å². The van der Waals surface area contributed by atoms with Gasteiger partial charge < -0.3 is 4.42 Å². The van der Waals surface area contributed by atoms with E-state index < -0.39 is 0 Å². The molecular formula is C8H14N4O3. The molecule has 2 N–H and O–H groups in total. The predicted octanol–water partition coefficient (Wildman–Crippen LogP) is -0.140. The van der Waals surface area contributed by atoms with Crippen LogP contribution >= 0.6 is 0 Å². The molecule has 1 rings (SSSR count). The van der Waals surface area contributed by atoms with E-state index in [0.717, 1.165) is 0 Å². The number of carbonyl (C=O) groups is 2. The van der Waals surface area contributed by atoms with E-state index in [1.54, 1.807) is 13.8 Å². The van der Waals surface area contributed by atoms with Crippen molar-refractivity contribution in [2.75, 3.05) is 0 Å². The lowest BCUT2D eigenvalue weighted by atomic mass is 10.7. The minimum absolute atomic E-state index is 0.278. The molecule has 0 bridgehead atoms. The molecule has 0 fully saturated rings. The summed E-state index contributed by atoms with van der Waals surface area (Å²) in [5.74, 6) is 0.690. The molecule has 0 spiro atoms. The van der Waals surface area contributed by atoms with Gasteiger partial charge in [0, 0.05) is 27.7 Å². The minimum atomic E-state index is -0.278. The average molecular weight is 214 g/mol. The standard InChI is InChI=1S/C4H8N2O2.C4H6N2O/c1-3(7)5-6-4(2)8;1-3-5-6-4(2)7-3/h1-2H3,(H,5,7)(H,6,8);1-2H3. The lowest BCUT2D eigenvalue weighted by molar-refractivity contribution is -0.126. The van der Waals surface area contributed by atoms with Crippen LogP contribution in [0.25, 0.3) is 0 Å². The Morgan fingerprint density at radius 3 is 1.47 bits per heavy atom. The van der Waals surface area contributed by atoms with Crippen molar-refractivity contribution in [3.8, 4) is 0 Å². The Morgan fingerprint density at radius 2 is 1.33 bits per heavy atom. The van der Waals surface area contributed by atoms with Gasteiger partial charge in [0.15, 0.2) is 0 Å². The van der Waals surface area contributed by atoms with Crippen LogP contribution in [0.4, 0.5) is 0 Å². The fraction of sp³-hybridized carbons (Fsp3) is 0.500. The van der Waals surface area contributed by atoms with Gasteiger partial charge in [-0.25, -0.2) is 0 Å². The Morgan fingerprint density at radius 1 is 1.00 bits per heavy atom. The summed E-state index contributed by atoms with van der Waals surface area (Å²) < 4.78 is 4.86. The molecule has 1 aromatic rings. The van der Waals surface area contributed by atoms with Crippen molar-refractivity contribution in [3.05, 3.63) is 11.8 Å². The smallest absolute Gasteiger partial charge is 0.235 e. The Labute approximate surface area is 87.2 Å².